The van der Waals surface area contributed by atoms with Gasteiger partial charge in [0.1, 0.15) is 11.6 Å². The van der Waals surface area contributed by atoms with Gasteiger partial charge < -0.3 is 20.5 Å². The summed E-state index contributed by atoms with van der Waals surface area (Å²) in [5.74, 6) is -0.381. The predicted octanol–water partition coefficient (Wildman–Crippen LogP) is 7.81. The molecule has 0 unspecified atom stereocenters. The Labute approximate surface area is 216 Å². The van der Waals surface area contributed by atoms with Crippen LogP contribution in [0.1, 0.15) is 150 Å². The summed E-state index contributed by atoms with van der Waals surface area (Å²) in [6.07, 6.45) is 22.5. The molecule has 0 spiro atoms. The van der Waals surface area contributed by atoms with Gasteiger partial charge in [-0.1, -0.05) is 103 Å². The van der Waals surface area contributed by atoms with E-state index in [9.17, 15) is 9.59 Å². The number of nitrogens with two attached hydrogens (primary N) is 1. The van der Waals surface area contributed by atoms with Crippen LogP contribution in [0.2, 0.25) is 0 Å². The van der Waals surface area contributed by atoms with Crippen molar-refractivity contribution < 1.29 is 19.1 Å². The molecule has 0 saturated heterocycles. The number of nitrogens with one attached hydrogen (secondary N) is 1. The molecule has 208 valence electrons. The molecular formula is C29H58N2O4. The lowest BCUT2D eigenvalue weighted by Crippen LogP contribution is -2.44. The van der Waals surface area contributed by atoms with Gasteiger partial charge in [0, 0.05) is 0 Å². The number of unbranched alkanes of at least 4 members (excludes halogenated alkanes) is 16. The van der Waals surface area contributed by atoms with Crippen LogP contribution in [0.4, 0.5) is 4.79 Å². The van der Waals surface area contributed by atoms with Gasteiger partial charge in [0.25, 0.3) is 0 Å². The Morgan fingerprint density at radius 1 is 0.714 bits per heavy atom. The molecule has 3 N–H and O–H groups in total. The van der Waals surface area contributed by atoms with Gasteiger partial charge in [0.05, 0.1) is 6.61 Å². The molecule has 0 aromatic carbocycles. The monoisotopic (exact) mass is 498 g/mol. The molecule has 0 aliphatic heterocycles. The zero-order chi connectivity index (χ0) is 26.2. The van der Waals surface area contributed by atoms with Crippen LogP contribution in [0.15, 0.2) is 0 Å². The van der Waals surface area contributed by atoms with E-state index in [1.165, 1.54) is 89.9 Å². The SMILES string of the molecule is CCCCCCCCCCCCCCCCCCOC(=O)[C@H](CCCCN)NC(=O)OC(C)(C)C. The summed E-state index contributed by atoms with van der Waals surface area (Å²) >= 11 is 0. The standard InChI is InChI=1S/C29H58N2O4/c1-5-6-7-8-9-10-11-12-13-14-15-16-17-18-19-22-25-34-27(32)26(23-20-21-24-30)31-28(33)35-29(2,3)4/h26H,5-25,30H2,1-4H3,(H,31,33)/t26-/m0/s1. The third-order valence-electron chi connectivity index (χ3n) is 6.16. The van der Waals surface area contributed by atoms with Crippen molar-refractivity contribution in [2.45, 2.75) is 161 Å². The molecule has 0 rings (SSSR count). The van der Waals surface area contributed by atoms with Crippen molar-refractivity contribution >= 4 is 12.1 Å². The fourth-order valence-electron chi connectivity index (χ4n) is 4.12. The lowest BCUT2D eigenvalue weighted by atomic mass is 10.0. The molecule has 0 saturated carbocycles. The van der Waals surface area contributed by atoms with Crippen LogP contribution in [-0.4, -0.2) is 36.9 Å². The van der Waals surface area contributed by atoms with Gasteiger partial charge in [-0.3, -0.25) is 0 Å². The minimum atomic E-state index is -0.683. The summed E-state index contributed by atoms with van der Waals surface area (Å²) in [4.78, 5) is 24.5. The van der Waals surface area contributed by atoms with Gasteiger partial charge in [-0.15, -0.1) is 0 Å². The third kappa shape index (κ3) is 24.2. The number of hydrogen-bond acceptors (Lipinski definition) is 5. The van der Waals surface area contributed by atoms with E-state index in [0.29, 0.717) is 19.6 Å². The van der Waals surface area contributed by atoms with Gasteiger partial charge in [0.15, 0.2) is 0 Å². The minimum absolute atomic E-state index is 0.381. The van der Waals surface area contributed by atoms with Crippen molar-refractivity contribution in [1.82, 2.24) is 5.32 Å². The second kappa shape index (κ2) is 23.1. The predicted molar refractivity (Wildman–Crippen MR) is 147 cm³/mol. The van der Waals surface area contributed by atoms with Crippen molar-refractivity contribution in [2.24, 2.45) is 5.73 Å². The number of ether oxygens (including phenoxy) is 2. The maximum atomic E-state index is 12.5. The van der Waals surface area contributed by atoms with Gasteiger partial charge in [-0.05, 0) is 53.0 Å². The quantitative estimate of drug-likeness (QED) is 0.111. The number of hydrogen-bond donors (Lipinski definition) is 2. The van der Waals surface area contributed by atoms with Crippen LogP contribution in [0, 0.1) is 0 Å². The molecule has 0 aliphatic rings. The molecule has 0 aromatic heterocycles. The van der Waals surface area contributed by atoms with Crippen molar-refractivity contribution in [3.05, 3.63) is 0 Å². The van der Waals surface area contributed by atoms with Crippen molar-refractivity contribution in [2.75, 3.05) is 13.2 Å². The molecule has 0 radical (unpaired) electrons. The van der Waals surface area contributed by atoms with Gasteiger partial charge in [-0.25, -0.2) is 9.59 Å². The van der Waals surface area contributed by atoms with Gasteiger partial charge in [0.2, 0.25) is 0 Å². The summed E-state index contributed by atoms with van der Waals surface area (Å²) < 4.78 is 10.7. The molecule has 0 bridgehead atoms. The van der Waals surface area contributed by atoms with E-state index in [1.54, 1.807) is 20.8 Å². The molecule has 0 aliphatic carbocycles. The molecule has 6 nitrogen and oxygen atoms in total. The van der Waals surface area contributed by atoms with Gasteiger partial charge in [-0.2, -0.15) is 0 Å². The van der Waals surface area contributed by atoms with E-state index in [4.69, 9.17) is 15.2 Å². The van der Waals surface area contributed by atoms with Crippen LogP contribution >= 0.6 is 0 Å². The number of esters is 1. The van der Waals surface area contributed by atoms with E-state index in [1.807, 2.05) is 0 Å². The fourth-order valence-corrected chi connectivity index (χ4v) is 4.12. The smallest absolute Gasteiger partial charge is 0.408 e. The summed E-state index contributed by atoms with van der Waals surface area (Å²) in [5, 5.41) is 2.66. The first-order valence-corrected chi connectivity index (χ1v) is 14.7. The molecule has 0 heterocycles. The average Bonchev–Trinajstić information content (AvgIpc) is 2.79. The third-order valence-corrected chi connectivity index (χ3v) is 6.16. The summed E-state index contributed by atoms with van der Waals surface area (Å²) in [7, 11) is 0. The maximum absolute atomic E-state index is 12.5. The van der Waals surface area contributed by atoms with Crippen molar-refractivity contribution in [3.63, 3.8) is 0 Å². The fraction of sp³-hybridized carbons (Fsp3) is 0.931. The number of carbonyl (C=O) groups excluding carboxylic acids is 2. The van der Waals surface area contributed by atoms with Crippen LogP contribution < -0.4 is 11.1 Å². The molecular weight excluding hydrogens is 440 g/mol. The van der Waals surface area contributed by atoms with Crippen molar-refractivity contribution in [1.29, 1.82) is 0 Å². The Balaban J connectivity index is 3.75. The van der Waals surface area contributed by atoms with E-state index >= 15 is 0 Å². The Morgan fingerprint density at radius 3 is 1.60 bits per heavy atom. The first kappa shape index (κ1) is 33.7. The first-order chi connectivity index (χ1) is 16.8. The van der Waals surface area contributed by atoms with E-state index < -0.39 is 17.7 Å². The Hall–Kier alpha value is -1.30. The molecule has 1 amide bonds. The molecule has 35 heavy (non-hydrogen) atoms. The normalized spacial score (nSPS) is 12.4. The van der Waals surface area contributed by atoms with Crippen LogP contribution in [0.25, 0.3) is 0 Å². The highest BCUT2D eigenvalue weighted by Crippen LogP contribution is 2.14. The number of alkyl carbamates (subject to hydrolysis) is 1. The first-order valence-electron chi connectivity index (χ1n) is 14.7. The number of amides is 1. The summed E-state index contributed by atoms with van der Waals surface area (Å²) in [6, 6.07) is -0.683. The highest BCUT2D eigenvalue weighted by Gasteiger charge is 2.25. The zero-order valence-electron chi connectivity index (χ0n) is 23.6. The van der Waals surface area contributed by atoms with Crippen LogP contribution in [-0.2, 0) is 14.3 Å². The Kier molecular flexibility index (Phi) is 22.3. The van der Waals surface area contributed by atoms with Crippen LogP contribution in [0.5, 0.6) is 0 Å². The minimum Gasteiger partial charge on any atom is -0.464 e. The summed E-state index contributed by atoms with van der Waals surface area (Å²) in [6.45, 7) is 8.63. The largest absolute Gasteiger partial charge is 0.464 e. The Morgan fingerprint density at radius 2 is 1.17 bits per heavy atom. The average molecular weight is 499 g/mol. The number of carbonyl (C=O) groups is 2. The summed E-state index contributed by atoms with van der Waals surface area (Å²) in [5.41, 5.74) is 4.95. The molecule has 0 fully saturated rings. The van der Waals surface area contributed by atoms with E-state index in [-0.39, 0.29) is 5.97 Å². The lowest BCUT2D eigenvalue weighted by molar-refractivity contribution is -0.146. The lowest BCUT2D eigenvalue weighted by Gasteiger charge is -2.23. The topological polar surface area (TPSA) is 90.6 Å². The zero-order valence-corrected chi connectivity index (χ0v) is 23.6. The highest BCUT2D eigenvalue weighted by molar-refractivity contribution is 5.81. The second-order valence-electron chi connectivity index (χ2n) is 11.0. The van der Waals surface area contributed by atoms with Gasteiger partial charge >= 0.3 is 12.1 Å². The molecule has 6 heteroatoms. The number of rotatable bonds is 23. The second-order valence-corrected chi connectivity index (χ2v) is 11.0. The molecule has 0 aromatic rings. The van der Waals surface area contributed by atoms with Crippen molar-refractivity contribution in [3.8, 4) is 0 Å². The Bertz CT molecular complexity index is 505. The van der Waals surface area contributed by atoms with E-state index in [0.717, 1.165) is 25.7 Å². The van der Waals surface area contributed by atoms with Crippen LogP contribution in [0.3, 0.4) is 0 Å². The maximum Gasteiger partial charge on any atom is 0.408 e. The molecule has 1 atom stereocenters. The van der Waals surface area contributed by atoms with E-state index in [2.05, 4.69) is 12.2 Å². The highest BCUT2D eigenvalue weighted by atomic mass is 16.6.